The molecule has 1 N–H and O–H groups in total. The highest BCUT2D eigenvalue weighted by molar-refractivity contribution is 14.0. The number of rotatable bonds is 6. The molecular weight excluding hydrogens is 432 g/mol. The summed E-state index contributed by atoms with van der Waals surface area (Å²) in [5, 5.41) is 3.08. The summed E-state index contributed by atoms with van der Waals surface area (Å²) in [5.41, 5.74) is 2.35. The van der Waals surface area contributed by atoms with Gasteiger partial charge in [0.2, 0.25) is 0 Å². The van der Waals surface area contributed by atoms with Crippen molar-refractivity contribution in [1.29, 1.82) is 0 Å². The Labute approximate surface area is 159 Å². The maximum Gasteiger partial charge on any atom is 0.401 e. The Bertz CT molecular complexity index is 503. The second kappa shape index (κ2) is 10.8. The molecule has 138 valence electrons. The summed E-state index contributed by atoms with van der Waals surface area (Å²) in [5.74, 6) is 0.658. The molecule has 1 aromatic carbocycles. The van der Waals surface area contributed by atoms with E-state index in [1.165, 1.54) is 17.5 Å². The number of aliphatic imine (C=N–C) groups is 1. The molecule has 0 heterocycles. The lowest BCUT2D eigenvalue weighted by Gasteiger charge is -2.24. The van der Waals surface area contributed by atoms with E-state index in [4.69, 9.17) is 0 Å². The van der Waals surface area contributed by atoms with Crippen LogP contribution in [0.3, 0.4) is 0 Å². The van der Waals surface area contributed by atoms with Gasteiger partial charge in [-0.2, -0.15) is 13.2 Å². The SMILES string of the molecule is CN=C(NCCN(C)CC(F)(F)F)N(C)Cc1ccc(C)cc1.I. The number of guanidine groups is 1. The van der Waals surface area contributed by atoms with Gasteiger partial charge < -0.3 is 10.2 Å². The van der Waals surface area contributed by atoms with Crippen LogP contribution >= 0.6 is 24.0 Å². The summed E-state index contributed by atoms with van der Waals surface area (Å²) in [6.07, 6.45) is -4.17. The molecule has 0 fully saturated rings. The number of likely N-dealkylation sites (N-methyl/N-ethyl adjacent to an activating group) is 1. The van der Waals surface area contributed by atoms with Crippen molar-refractivity contribution in [1.82, 2.24) is 15.1 Å². The summed E-state index contributed by atoms with van der Waals surface area (Å²) >= 11 is 0. The lowest BCUT2D eigenvalue weighted by atomic mass is 10.1. The first-order valence-electron chi connectivity index (χ1n) is 7.44. The number of nitrogens with one attached hydrogen (secondary N) is 1. The molecule has 0 spiro atoms. The number of hydrogen-bond donors (Lipinski definition) is 1. The molecule has 0 saturated carbocycles. The highest BCUT2D eigenvalue weighted by Gasteiger charge is 2.28. The molecule has 0 aliphatic heterocycles. The predicted molar refractivity (Wildman–Crippen MR) is 103 cm³/mol. The highest BCUT2D eigenvalue weighted by atomic mass is 127. The van der Waals surface area contributed by atoms with Crippen LogP contribution in [0.5, 0.6) is 0 Å². The van der Waals surface area contributed by atoms with Crippen molar-refractivity contribution in [3.8, 4) is 0 Å². The number of benzene rings is 1. The van der Waals surface area contributed by atoms with Crippen LogP contribution in [-0.2, 0) is 6.54 Å². The lowest BCUT2D eigenvalue weighted by molar-refractivity contribution is -0.142. The third-order valence-corrected chi connectivity index (χ3v) is 3.34. The van der Waals surface area contributed by atoms with E-state index in [0.717, 1.165) is 5.56 Å². The standard InChI is InChI=1S/C16H25F3N4.HI/c1-13-5-7-14(8-6-13)11-23(4)15(20-2)21-9-10-22(3)12-16(17,18)19;/h5-8H,9-12H2,1-4H3,(H,20,21);1H. The third-order valence-electron chi connectivity index (χ3n) is 3.34. The zero-order valence-corrected chi connectivity index (χ0v) is 16.9. The predicted octanol–water partition coefficient (Wildman–Crippen LogP) is 3.11. The molecule has 0 radical (unpaired) electrons. The average Bonchev–Trinajstić information content (AvgIpc) is 2.44. The topological polar surface area (TPSA) is 30.9 Å². The molecular formula is C16H26F3IN4. The van der Waals surface area contributed by atoms with Crippen LogP contribution in [0.15, 0.2) is 29.3 Å². The van der Waals surface area contributed by atoms with E-state index < -0.39 is 12.7 Å². The average molecular weight is 458 g/mol. The Kier molecular flexibility index (Phi) is 10.3. The number of hydrogen-bond acceptors (Lipinski definition) is 2. The maximum absolute atomic E-state index is 12.3. The van der Waals surface area contributed by atoms with Gasteiger partial charge in [-0.1, -0.05) is 29.8 Å². The van der Waals surface area contributed by atoms with E-state index in [1.54, 1.807) is 7.05 Å². The van der Waals surface area contributed by atoms with E-state index in [0.29, 0.717) is 19.0 Å². The molecule has 1 rings (SSSR count). The quantitative estimate of drug-likeness (QED) is 0.404. The van der Waals surface area contributed by atoms with E-state index in [2.05, 4.69) is 22.4 Å². The van der Waals surface area contributed by atoms with Crippen molar-refractivity contribution in [3.05, 3.63) is 35.4 Å². The van der Waals surface area contributed by atoms with Crippen LogP contribution in [0.25, 0.3) is 0 Å². The highest BCUT2D eigenvalue weighted by Crippen LogP contribution is 2.15. The Morgan fingerprint density at radius 3 is 2.25 bits per heavy atom. The summed E-state index contributed by atoms with van der Waals surface area (Å²) in [6, 6.07) is 8.20. The van der Waals surface area contributed by atoms with Gasteiger partial charge in [-0.3, -0.25) is 9.89 Å². The van der Waals surface area contributed by atoms with Gasteiger partial charge in [0, 0.05) is 33.7 Å². The van der Waals surface area contributed by atoms with Crippen molar-refractivity contribution in [3.63, 3.8) is 0 Å². The maximum atomic E-state index is 12.3. The second-order valence-corrected chi connectivity index (χ2v) is 5.67. The molecule has 0 aliphatic carbocycles. The molecule has 0 saturated heterocycles. The fourth-order valence-corrected chi connectivity index (χ4v) is 2.17. The van der Waals surface area contributed by atoms with Gasteiger partial charge >= 0.3 is 6.18 Å². The number of nitrogens with zero attached hydrogens (tertiary/aromatic N) is 3. The zero-order valence-electron chi connectivity index (χ0n) is 14.5. The van der Waals surface area contributed by atoms with Crippen molar-refractivity contribution >= 4 is 29.9 Å². The number of aryl methyl sites for hydroxylation is 1. The van der Waals surface area contributed by atoms with Crippen LogP contribution in [-0.4, -0.2) is 62.7 Å². The largest absolute Gasteiger partial charge is 0.401 e. The van der Waals surface area contributed by atoms with Crippen molar-refractivity contribution in [2.75, 3.05) is 40.8 Å². The second-order valence-electron chi connectivity index (χ2n) is 5.67. The minimum absolute atomic E-state index is 0. The minimum atomic E-state index is -4.17. The summed E-state index contributed by atoms with van der Waals surface area (Å²) < 4.78 is 36.8. The molecule has 8 heteroatoms. The third kappa shape index (κ3) is 9.31. The molecule has 0 unspecified atom stereocenters. The molecule has 0 atom stereocenters. The molecule has 0 aromatic heterocycles. The normalized spacial score (nSPS) is 12.1. The monoisotopic (exact) mass is 458 g/mol. The van der Waals surface area contributed by atoms with Crippen molar-refractivity contribution in [2.24, 2.45) is 4.99 Å². The lowest BCUT2D eigenvalue weighted by Crippen LogP contribution is -2.43. The zero-order chi connectivity index (χ0) is 17.5. The van der Waals surface area contributed by atoms with Gasteiger partial charge in [-0.05, 0) is 19.5 Å². The fraction of sp³-hybridized carbons (Fsp3) is 0.562. The van der Waals surface area contributed by atoms with E-state index in [-0.39, 0.29) is 30.5 Å². The Morgan fingerprint density at radius 1 is 1.17 bits per heavy atom. The molecule has 0 amide bonds. The molecule has 4 nitrogen and oxygen atoms in total. The minimum Gasteiger partial charge on any atom is -0.355 e. The van der Waals surface area contributed by atoms with Crippen LogP contribution in [0, 0.1) is 6.92 Å². The van der Waals surface area contributed by atoms with Crippen LogP contribution < -0.4 is 5.32 Å². The van der Waals surface area contributed by atoms with Crippen molar-refractivity contribution in [2.45, 2.75) is 19.6 Å². The molecule has 0 aliphatic rings. The summed E-state index contributed by atoms with van der Waals surface area (Å²) in [6.45, 7) is 2.49. The molecule has 0 bridgehead atoms. The Morgan fingerprint density at radius 2 is 1.75 bits per heavy atom. The smallest absolute Gasteiger partial charge is 0.355 e. The van der Waals surface area contributed by atoms with Crippen molar-refractivity contribution < 1.29 is 13.2 Å². The van der Waals surface area contributed by atoms with Crippen LogP contribution in [0.4, 0.5) is 13.2 Å². The first-order chi connectivity index (χ1) is 10.7. The van der Waals surface area contributed by atoms with Crippen LogP contribution in [0.1, 0.15) is 11.1 Å². The van der Waals surface area contributed by atoms with Gasteiger partial charge in [0.15, 0.2) is 5.96 Å². The fourth-order valence-electron chi connectivity index (χ4n) is 2.17. The first kappa shape index (κ1) is 23.0. The van der Waals surface area contributed by atoms with E-state index >= 15 is 0 Å². The van der Waals surface area contributed by atoms with Gasteiger partial charge in [-0.15, -0.1) is 24.0 Å². The van der Waals surface area contributed by atoms with E-state index in [9.17, 15) is 13.2 Å². The molecule has 24 heavy (non-hydrogen) atoms. The van der Waals surface area contributed by atoms with E-state index in [1.807, 2.05) is 31.0 Å². The summed E-state index contributed by atoms with van der Waals surface area (Å²) in [7, 11) is 5.01. The number of halogens is 4. The van der Waals surface area contributed by atoms with Gasteiger partial charge in [0.25, 0.3) is 0 Å². The Hall–Kier alpha value is -1.03. The first-order valence-corrected chi connectivity index (χ1v) is 7.44. The Balaban J connectivity index is 0.00000529. The summed E-state index contributed by atoms with van der Waals surface area (Å²) in [4.78, 5) is 7.34. The number of alkyl halides is 3. The van der Waals surface area contributed by atoms with Crippen LogP contribution in [0.2, 0.25) is 0 Å². The van der Waals surface area contributed by atoms with Gasteiger partial charge in [-0.25, -0.2) is 0 Å². The molecule has 1 aromatic rings. The van der Waals surface area contributed by atoms with Gasteiger partial charge in [0.05, 0.1) is 6.54 Å². The van der Waals surface area contributed by atoms with Gasteiger partial charge in [0.1, 0.15) is 0 Å².